The molecule has 0 radical (unpaired) electrons. The molecule has 1 amide bonds. The van der Waals surface area contributed by atoms with E-state index in [0.29, 0.717) is 5.92 Å². The van der Waals surface area contributed by atoms with Crippen LogP contribution in [0.15, 0.2) is 18.2 Å². The summed E-state index contributed by atoms with van der Waals surface area (Å²) < 4.78 is 0. The molecule has 0 heterocycles. The van der Waals surface area contributed by atoms with Crippen molar-refractivity contribution in [2.45, 2.75) is 39.7 Å². The Morgan fingerprint density at radius 3 is 2.78 bits per heavy atom. The molecule has 98 valence electrons. The van der Waals surface area contributed by atoms with Crippen LogP contribution in [-0.2, 0) is 0 Å². The summed E-state index contributed by atoms with van der Waals surface area (Å²) in [6.07, 6.45) is 2.49. The predicted molar refractivity (Wildman–Crippen MR) is 75.0 cm³/mol. The van der Waals surface area contributed by atoms with E-state index in [9.17, 15) is 4.79 Å². The van der Waals surface area contributed by atoms with Gasteiger partial charge in [-0.25, -0.2) is 0 Å². The fraction of sp³-hybridized carbons (Fsp3) is 0.533. The van der Waals surface area contributed by atoms with Crippen LogP contribution in [0.3, 0.4) is 0 Å². The quantitative estimate of drug-likeness (QED) is 0.838. The topological polar surface area (TPSA) is 41.1 Å². The second kappa shape index (κ2) is 5.42. The molecule has 1 aromatic rings. The summed E-state index contributed by atoms with van der Waals surface area (Å²) in [5.41, 5.74) is 2.84. The normalized spacial score (nSPS) is 16.2. The molecule has 1 fully saturated rings. The highest BCUT2D eigenvalue weighted by Crippen LogP contribution is 2.32. The Labute approximate surface area is 109 Å². The van der Waals surface area contributed by atoms with Crippen molar-refractivity contribution in [2.24, 2.45) is 5.92 Å². The lowest BCUT2D eigenvalue weighted by molar-refractivity contribution is 0.0936. The van der Waals surface area contributed by atoms with Crippen LogP contribution in [0, 0.1) is 12.8 Å². The zero-order chi connectivity index (χ0) is 13.1. The van der Waals surface area contributed by atoms with Gasteiger partial charge in [-0.1, -0.05) is 6.07 Å². The van der Waals surface area contributed by atoms with E-state index < -0.39 is 0 Å². The summed E-state index contributed by atoms with van der Waals surface area (Å²) >= 11 is 0. The number of anilines is 1. The van der Waals surface area contributed by atoms with Gasteiger partial charge in [-0.15, -0.1) is 0 Å². The Morgan fingerprint density at radius 1 is 1.44 bits per heavy atom. The zero-order valence-corrected chi connectivity index (χ0v) is 11.4. The van der Waals surface area contributed by atoms with Crippen LogP contribution in [0.25, 0.3) is 0 Å². The maximum atomic E-state index is 12.2. The van der Waals surface area contributed by atoms with Crippen molar-refractivity contribution >= 4 is 11.6 Å². The molecule has 0 aromatic heterocycles. The lowest BCUT2D eigenvalue weighted by Crippen LogP contribution is -2.34. The molecule has 1 aromatic carbocycles. The Hall–Kier alpha value is -1.51. The molecule has 1 aliphatic carbocycles. The molecule has 2 rings (SSSR count). The molecule has 1 atom stereocenters. The molecular weight excluding hydrogens is 224 g/mol. The van der Waals surface area contributed by atoms with Crippen LogP contribution >= 0.6 is 0 Å². The third-order valence-corrected chi connectivity index (χ3v) is 3.47. The van der Waals surface area contributed by atoms with E-state index >= 15 is 0 Å². The van der Waals surface area contributed by atoms with Gasteiger partial charge in [0.1, 0.15) is 0 Å². The van der Waals surface area contributed by atoms with E-state index in [0.717, 1.165) is 23.4 Å². The molecule has 1 saturated carbocycles. The fourth-order valence-electron chi connectivity index (χ4n) is 2.19. The van der Waals surface area contributed by atoms with E-state index in [1.807, 2.05) is 32.0 Å². The Kier molecular flexibility index (Phi) is 3.90. The largest absolute Gasteiger partial charge is 0.385 e. The zero-order valence-electron chi connectivity index (χ0n) is 11.4. The molecule has 0 saturated heterocycles. The van der Waals surface area contributed by atoms with Crippen molar-refractivity contribution in [3.05, 3.63) is 29.3 Å². The molecule has 0 bridgehead atoms. The maximum absolute atomic E-state index is 12.2. The van der Waals surface area contributed by atoms with Crippen molar-refractivity contribution in [1.82, 2.24) is 5.32 Å². The van der Waals surface area contributed by atoms with Crippen molar-refractivity contribution in [1.29, 1.82) is 0 Å². The highest BCUT2D eigenvalue weighted by Gasteiger charge is 2.29. The van der Waals surface area contributed by atoms with Crippen molar-refractivity contribution in [2.75, 3.05) is 11.9 Å². The van der Waals surface area contributed by atoms with Gasteiger partial charge >= 0.3 is 0 Å². The minimum Gasteiger partial charge on any atom is -0.385 e. The monoisotopic (exact) mass is 246 g/mol. The Balaban J connectivity index is 2.12. The highest BCUT2D eigenvalue weighted by molar-refractivity contribution is 5.99. The summed E-state index contributed by atoms with van der Waals surface area (Å²) in [6.45, 7) is 6.99. The number of carbonyl (C=O) groups is 1. The third-order valence-electron chi connectivity index (χ3n) is 3.47. The molecule has 0 spiro atoms. The fourth-order valence-corrected chi connectivity index (χ4v) is 2.19. The van der Waals surface area contributed by atoms with Gasteiger partial charge in [-0.3, -0.25) is 4.79 Å². The summed E-state index contributed by atoms with van der Waals surface area (Å²) in [5, 5.41) is 6.35. The molecule has 0 aliphatic heterocycles. The molecule has 18 heavy (non-hydrogen) atoms. The van der Waals surface area contributed by atoms with Gasteiger partial charge in [0.15, 0.2) is 0 Å². The number of benzene rings is 1. The summed E-state index contributed by atoms with van der Waals surface area (Å²) in [4.78, 5) is 12.2. The van der Waals surface area contributed by atoms with Crippen LogP contribution in [0.5, 0.6) is 0 Å². The van der Waals surface area contributed by atoms with Crippen LogP contribution in [-0.4, -0.2) is 18.5 Å². The molecule has 2 N–H and O–H groups in total. The molecule has 3 heteroatoms. The summed E-state index contributed by atoms with van der Waals surface area (Å²) in [5.74, 6) is 0.715. The van der Waals surface area contributed by atoms with E-state index in [1.54, 1.807) is 0 Å². The summed E-state index contributed by atoms with van der Waals surface area (Å²) in [6, 6.07) is 6.20. The Bertz CT molecular complexity index is 438. The SMILES string of the molecule is CCNc1cc(C)ccc1C(=O)NC(C)C1CC1. The standard InChI is InChI=1S/C15H22N2O/c1-4-16-14-9-10(2)5-8-13(14)15(18)17-11(3)12-6-7-12/h5,8-9,11-12,16H,4,6-7H2,1-3H3,(H,17,18). The van der Waals surface area contributed by atoms with Gasteiger partial charge < -0.3 is 10.6 Å². The van der Waals surface area contributed by atoms with Crippen molar-refractivity contribution in [3.8, 4) is 0 Å². The smallest absolute Gasteiger partial charge is 0.253 e. The Morgan fingerprint density at radius 2 is 2.17 bits per heavy atom. The number of carbonyl (C=O) groups excluding carboxylic acids is 1. The lowest BCUT2D eigenvalue weighted by Gasteiger charge is -2.16. The number of amides is 1. The molecular formula is C15H22N2O. The number of hydrogen-bond acceptors (Lipinski definition) is 2. The van der Waals surface area contributed by atoms with Gasteiger partial charge in [-0.2, -0.15) is 0 Å². The van der Waals surface area contributed by atoms with Crippen LogP contribution in [0.4, 0.5) is 5.69 Å². The van der Waals surface area contributed by atoms with Crippen molar-refractivity contribution in [3.63, 3.8) is 0 Å². The number of nitrogens with one attached hydrogen (secondary N) is 2. The average Bonchev–Trinajstić information content (AvgIpc) is 3.13. The molecule has 1 unspecified atom stereocenters. The minimum atomic E-state index is 0.0327. The van der Waals surface area contributed by atoms with Gasteiger partial charge in [0.05, 0.1) is 5.56 Å². The van der Waals surface area contributed by atoms with Gasteiger partial charge in [-0.05, 0) is 57.2 Å². The van der Waals surface area contributed by atoms with Gasteiger partial charge in [0.2, 0.25) is 0 Å². The van der Waals surface area contributed by atoms with Crippen LogP contribution in [0.1, 0.15) is 42.6 Å². The second-order valence-corrected chi connectivity index (χ2v) is 5.18. The van der Waals surface area contributed by atoms with Crippen LogP contribution < -0.4 is 10.6 Å². The minimum absolute atomic E-state index is 0.0327. The van der Waals surface area contributed by atoms with Crippen LogP contribution in [0.2, 0.25) is 0 Å². The average molecular weight is 246 g/mol. The first-order valence-electron chi connectivity index (χ1n) is 6.77. The van der Waals surface area contributed by atoms with E-state index in [1.165, 1.54) is 12.8 Å². The van der Waals surface area contributed by atoms with Gasteiger partial charge in [0.25, 0.3) is 5.91 Å². The first-order valence-corrected chi connectivity index (χ1v) is 6.77. The lowest BCUT2D eigenvalue weighted by atomic mass is 10.1. The summed E-state index contributed by atoms with van der Waals surface area (Å²) in [7, 11) is 0. The van der Waals surface area contributed by atoms with Gasteiger partial charge in [0, 0.05) is 18.3 Å². The number of aryl methyl sites for hydroxylation is 1. The van der Waals surface area contributed by atoms with Crippen molar-refractivity contribution < 1.29 is 4.79 Å². The first-order chi connectivity index (χ1) is 8.61. The highest BCUT2D eigenvalue weighted by atomic mass is 16.1. The number of rotatable bonds is 5. The maximum Gasteiger partial charge on any atom is 0.253 e. The second-order valence-electron chi connectivity index (χ2n) is 5.18. The van der Waals surface area contributed by atoms with E-state index in [4.69, 9.17) is 0 Å². The molecule has 1 aliphatic rings. The van der Waals surface area contributed by atoms with E-state index in [-0.39, 0.29) is 11.9 Å². The van der Waals surface area contributed by atoms with E-state index in [2.05, 4.69) is 17.6 Å². The molecule has 3 nitrogen and oxygen atoms in total. The predicted octanol–water partition coefficient (Wildman–Crippen LogP) is 2.96. The number of hydrogen-bond donors (Lipinski definition) is 2. The third kappa shape index (κ3) is 3.03. The first kappa shape index (κ1) is 12.9.